The third-order valence-corrected chi connectivity index (χ3v) is 4.26. The van der Waals surface area contributed by atoms with E-state index in [9.17, 15) is 4.79 Å². The van der Waals surface area contributed by atoms with Gasteiger partial charge in [0.2, 0.25) is 5.71 Å². The van der Waals surface area contributed by atoms with Gasteiger partial charge in [0.25, 0.3) is 0 Å². The minimum atomic E-state index is -0.438. The van der Waals surface area contributed by atoms with Gasteiger partial charge in [-0.05, 0) is 38.5 Å². The summed E-state index contributed by atoms with van der Waals surface area (Å²) in [5.41, 5.74) is 2.77. The molecule has 0 saturated carbocycles. The zero-order chi connectivity index (χ0) is 17.4. The molecular weight excluding hydrogens is 351 g/mol. The van der Waals surface area contributed by atoms with Crippen LogP contribution in [0, 0.1) is 6.92 Å². The molecule has 3 aromatic rings. The molecule has 0 radical (unpaired) electrons. The lowest BCUT2D eigenvalue weighted by atomic mass is 10.1. The Morgan fingerprint density at radius 3 is 2.71 bits per heavy atom. The lowest BCUT2D eigenvalue weighted by Crippen LogP contribution is -2.06. The summed E-state index contributed by atoms with van der Waals surface area (Å²) in [6.07, 6.45) is 0.582. The maximum atomic E-state index is 12.3. The predicted molar refractivity (Wildman–Crippen MR) is 93.0 cm³/mol. The van der Waals surface area contributed by atoms with Crippen LogP contribution in [0.25, 0.3) is 17.0 Å². The molecule has 2 aromatic heterocycles. The van der Waals surface area contributed by atoms with Crippen LogP contribution in [0.3, 0.4) is 0 Å². The van der Waals surface area contributed by atoms with Gasteiger partial charge >= 0.3 is 5.97 Å². The Kier molecular flexibility index (Phi) is 4.56. The van der Waals surface area contributed by atoms with E-state index in [4.69, 9.17) is 32.4 Å². The van der Waals surface area contributed by atoms with E-state index in [1.807, 2.05) is 6.92 Å². The van der Waals surface area contributed by atoms with Gasteiger partial charge in [0, 0.05) is 10.6 Å². The van der Waals surface area contributed by atoms with Crippen LogP contribution in [0.2, 0.25) is 10.0 Å². The number of rotatable bonds is 4. The molecule has 0 unspecified atom stereocenters. The Morgan fingerprint density at radius 2 is 2.08 bits per heavy atom. The van der Waals surface area contributed by atoms with Gasteiger partial charge < -0.3 is 9.15 Å². The highest BCUT2D eigenvalue weighted by Gasteiger charge is 2.27. The number of carbonyl (C=O) groups excluding carboxylic acids is 1. The quantitative estimate of drug-likeness (QED) is 0.613. The molecule has 0 aliphatic rings. The van der Waals surface area contributed by atoms with Crippen LogP contribution in [0.4, 0.5) is 0 Å². The van der Waals surface area contributed by atoms with Crippen molar-refractivity contribution < 1.29 is 13.9 Å². The van der Waals surface area contributed by atoms with Gasteiger partial charge in [-0.2, -0.15) is 9.61 Å². The fourth-order valence-electron chi connectivity index (χ4n) is 2.67. The summed E-state index contributed by atoms with van der Waals surface area (Å²) in [7, 11) is 0. The number of halogens is 2. The first kappa shape index (κ1) is 16.9. The number of oxazole rings is 1. The Balaban J connectivity index is 2.27. The molecule has 5 nitrogen and oxygen atoms in total. The summed E-state index contributed by atoms with van der Waals surface area (Å²) in [6.45, 7) is 5.77. The van der Waals surface area contributed by atoms with Crippen molar-refractivity contribution in [1.82, 2.24) is 9.61 Å². The lowest BCUT2D eigenvalue weighted by Gasteiger charge is -2.03. The molecule has 24 heavy (non-hydrogen) atoms. The second-order valence-corrected chi connectivity index (χ2v) is 6.09. The van der Waals surface area contributed by atoms with Crippen molar-refractivity contribution in [3.63, 3.8) is 0 Å². The molecule has 0 aliphatic heterocycles. The largest absolute Gasteiger partial charge is 0.462 e. The SMILES string of the molecule is CCOC(=O)c1c(CC)nn2c(-c3ccc(Cl)cc3Cl)c(C)oc12. The minimum Gasteiger partial charge on any atom is -0.462 e. The molecule has 7 heteroatoms. The van der Waals surface area contributed by atoms with Gasteiger partial charge in [-0.3, -0.25) is 0 Å². The first-order valence-corrected chi connectivity index (χ1v) is 8.37. The van der Waals surface area contributed by atoms with E-state index < -0.39 is 5.97 Å². The standard InChI is InChI=1S/C17H16Cl2N2O3/c1-4-13-14(17(22)23-5-2)16-21(20-13)15(9(3)24-16)11-7-6-10(18)8-12(11)19/h6-8H,4-5H2,1-3H3. The van der Waals surface area contributed by atoms with Crippen LogP contribution in [-0.4, -0.2) is 22.2 Å². The van der Waals surface area contributed by atoms with Crippen LogP contribution in [0.15, 0.2) is 22.6 Å². The van der Waals surface area contributed by atoms with Crippen molar-refractivity contribution in [1.29, 1.82) is 0 Å². The topological polar surface area (TPSA) is 56.7 Å². The number of nitrogens with zero attached hydrogens (tertiary/aromatic N) is 2. The molecule has 2 heterocycles. The summed E-state index contributed by atoms with van der Waals surface area (Å²) >= 11 is 12.3. The second kappa shape index (κ2) is 6.49. The van der Waals surface area contributed by atoms with E-state index in [0.717, 1.165) is 5.56 Å². The first-order chi connectivity index (χ1) is 11.5. The van der Waals surface area contributed by atoms with Gasteiger partial charge in [0.05, 0.1) is 17.3 Å². The minimum absolute atomic E-state index is 0.287. The molecule has 0 fully saturated rings. The van der Waals surface area contributed by atoms with E-state index in [0.29, 0.717) is 44.9 Å². The summed E-state index contributed by atoms with van der Waals surface area (Å²) in [5.74, 6) is 0.168. The molecule has 126 valence electrons. The highest BCUT2D eigenvalue weighted by atomic mass is 35.5. The van der Waals surface area contributed by atoms with Gasteiger partial charge in [0.1, 0.15) is 17.0 Å². The molecule has 0 amide bonds. The van der Waals surface area contributed by atoms with Crippen molar-refractivity contribution in [2.24, 2.45) is 0 Å². The maximum absolute atomic E-state index is 12.3. The van der Waals surface area contributed by atoms with E-state index >= 15 is 0 Å². The van der Waals surface area contributed by atoms with Crippen molar-refractivity contribution >= 4 is 34.9 Å². The van der Waals surface area contributed by atoms with Gasteiger partial charge in [0.15, 0.2) is 0 Å². The van der Waals surface area contributed by atoms with Crippen molar-refractivity contribution in [2.75, 3.05) is 6.61 Å². The normalized spacial score (nSPS) is 11.2. The third kappa shape index (κ3) is 2.68. The highest BCUT2D eigenvalue weighted by Crippen LogP contribution is 2.35. The molecular formula is C17H16Cl2N2O3. The number of esters is 1. The van der Waals surface area contributed by atoms with E-state index in [-0.39, 0.29) is 6.61 Å². The maximum Gasteiger partial charge on any atom is 0.345 e. The Hall–Kier alpha value is -1.98. The molecule has 0 saturated heterocycles. The summed E-state index contributed by atoms with van der Waals surface area (Å²) in [6, 6.07) is 5.21. The van der Waals surface area contributed by atoms with Gasteiger partial charge in [-0.25, -0.2) is 4.79 Å². The molecule has 0 N–H and O–H groups in total. The Bertz CT molecular complexity index is 928. The summed E-state index contributed by atoms with van der Waals surface area (Å²) < 4.78 is 12.6. The monoisotopic (exact) mass is 366 g/mol. The van der Waals surface area contributed by atoms with Crippen LogP contribution in [0.5, 0.6) is 0 Å². The number of ether oxygens (including phenoxy) is 1. The van der Waals surface area contributed by atoms with E-state index in [2.05, 4.69) is 5.10 Å². The number of benzene rings is 1. The first-order valence-electron chi connectivity index (χ1n) is 7.61. The van der Waals surface area contributed by atoms with Crippen LogP contribution >= 0.6 is 23.2 Å². The number of hydrogen-bond acceptors (Lipinski definition) is 4. The molecule has 0 spiro atoms. The smallest absolute Gasteiger partial charge is 0.345 e. The average Bonchev–Trinajstić information content (AvgIpc) is 3.02. The molecule has 1 aromatic carbocycles. The molecule has 0 atom stereocenters. The molecule has 3 rings (SSSR count). The van der Waals surface area contributed by atoms with Crippen molar-refractivity contribution in [2.45, 2.75) is 27.2 Å². The number of carbonyl (C=O) groups is 1. The van der Waals surface area contributed by atoms with Gasteiger partial charge in [-0.1, -0.05) is 30.1 Å². The number of aryl methyl sites for hydroxylation is 2. The molecule has 0 aliphatic carbocycles. The fourth-order valence-corrected chi connectivity index (χ4v) is 3.17. The zero-order valence-electron chi connectivity index (χ0n) is 13.5. The highest BCUT2D eigenvalue weighted by molar-refractivity contribution is 6.36. The van der Waals surface area contributed by atoms with E-state index in [1.54, 1.807) is 36.6 Å². The Morgan fingerprint density at radius 1 is 1.33 bits per heavy atom. The van der Waals surface area contributed by atoms with Crippen molar-refractivity contribution in [3.05, 3.63) is 45.3 Å². The fraction of sp³-hybridized carbons (Fsp3) is 0.294. The molecule has 0 bridgehead atoms. The van der Waals surface area contributed by atoms with Crippen LogP contribution < -0.4 is 0 Å². The lowest BCUT2D eigenvalue weighted by molar-refractivity contribution is 0.0526. The average molecular weight is 367 g/mol. The summed E-state index contributed by atoms with van der Waals surface area (Å²) in [5, 5.41) is 5.56. The second-order valence-electron chi connectivity index (χ2n) is 5.24. The number of fused-ring (bicyclic) bond motifs is 1. The third-order valence-electron chi connectivity index (χ3n) is 3.71. The van der Waals surface area contributed by atoms with E-state index in [1.165, 1.54) is 0 Å². The number of hydrogen-bond donors (Lipinski definition) is 0. The number of aromatic nitrogens is 2. The Labute approximate surface area is 149 Å². The van der Waals surface area contributed by atoms with Gasteiger partial charge in [-0.15, -0.1) is 0 Å². The zero-order valence-corrected chi connectivity index (χ0v) is 15.0. The predicted octanol–water partition coefficient (Wildman–Crippen LogP) is 4.95. The summed E-state index contributed by atoms with van der Waals surface area (Å²) in [4.78, 5) is 12.3. The van der Waals surface area contributed by atoms with Crippen LogP contribution in [-0.2, 0) is 11.2 Å². The van der Waals surface area contributed by atoms with Crippen LogP contribution in [0.1, 0.15) is 35.7 Å². The van der Waals surface area contributed by atoms with Crippen molar-refractivity contribution in [3.8, 4) is 11.3 Å².